The highest BCUT2D eigenvalue weighted by molar-refractivity contribution is 8.05. The van der Waals surface area contributed by atoms with E-state index in [-0.39, 0.29) is 67.1 Å². The number of amides is 1. The topological polar surface area (TPSA) is 193 Å². The number of alkyl carbamates (subject to hydrolysis) is 1. The predicted molar refractivity (Wildman–Crippen MR) is 252 cm³/mol. The number of carboxylic acids is 1. The van der Waals surface area contributed by atoms with E-state index >= 15 is 0 Å². The Morgan fingerprint density at radius 3 is 1.33 bits per heavy atom. The number of hydrogen-bond acceptors (Lipinski definition) is 11. The highest BCUT2D eigenvalue weighted by atomic mass is 127. The highest BCUT2D eigenvalue weighted by Gasteiger charge is 2.28. The lowest BCUT2D eigenvalue weighted by Crippen LogP contribution is -3.00. The summed E-state index contributed by atoms with van der Waals surface area (Å²) < 4.78 is 73.4. The Kier molecular flexibility index (Phi) is 34.9. The zero-order chi connectivity index (χ0) is 49.1. The summed E-state index contributed by atoms with van der Waals surface area (Å²) in [5.74, 6) is -2.23. The number of hydrogen-bond donors (Lipinski definition) is 3. The van der Waals surface area contributed by atoms with E-state index in [2.05, 4.69) is 14.9 Å². The molecule has 3 atom stereocenters. The van der Waals surface area contributed by atoms with Crippen LogP contribution in [0.2, 0.25) is 0 Å². The van der Waals surface area contributed by atoms with Crippen molar-refractivity contribution >= 4 is 83.1 Å². The second kappa shape index (κ2) is 34.6. The van der Waals surface area contributed by atoms with E-state index in [1.165, 1.54) is 62.4 Å². The molecular weight excluding hydrogens is 1110 g/mol. The van der Waals surface area contributed by atoms with Gasteiger partial charge in [0.15, 0.2) is 0 Å². The molecule has 1 unspecified atom stereocenters. The number of esters is 2. The van der Waals surface area contributed by atoms with E-state index in [0.29, 0.717) is 22.6 Å². The fraction of sp³-hybridized carbons (Fsp3) is 0.349. The van der Waals surface area contributed by atoms with Gasteiger partial charge in [-0.2, -0.15) is 0 Å². The van der Waals surface area contributed by atoms with E-state index in [9.17, 15) is 37.1 Å². The zero-order valence-electron chi connectivity index (χ0n) is 37.5. The quantitative estimate of drug-likeness (QED) is 0.0468. The average Bonchev–Trinajstić information content (AvgIpc) is 3.20. The summed E-state index contributed by atoms with van der Waals surface area (Å²) in [5, 5.41) is 12.8. The summed E-state index contributed by atoms with van der Waals surface area (Å²) in [6.45, 7) is 11.6. The van der Waals surface area contributed by atoms with Crippen LogP contribution in [0.15, 0.2) is 109 Å². The largest absolute Gasteiger partial charge is 1.00 e. The van der Waals surface area contributed by atoms with Gasteiger partial charge in [0.25, 0.3) is 0 Å². The third-order valence-electron chi connectivity index (χ3n) is 6.79. The molecule has 0 fully saturated rings. The van der Waals surface area contributed by atoms with E-state index in [1.54, 1.807) is 95.3 Å². The maximum Gasteiger partial charge on any atom is 0.428 e. The summed E-state index contributed by atoms with van der Waals surface area (Å²) in [6.07, 6.45) is -4.13. The van der Waals surface area contributed by atoms with Gasteiger partial charge in [-0.15, -0.1) is 12.4 Å². The summed E-state index contributed by atoms with van der Waals surface area (Å²) in [6, 6.07) is 26.3. The Hall–Kier alpha value is -3.67. The minimum Gasteiger partial charge on any atom is -1.00 e. The van der Waals surface area contributed by atoms with Crippen LogP contribution in [-0.4, -0.2) is 46.8 Å². The molecule has 370 valence electrons. The number of aliphatic carboxylic acids is 1. The lowest BCUT2D eigenvalue weighted by atomic mass is 10.2. The second-order valence-corrected chi connectivity index (χ2v) is 20.8. The summed E-state index contributed by atoms with van der Waals surface area (Å²) in [4.78, 5) is 44.8. The van der Waals surface area contributed by atoms with E-state index < -0.39 is 54.6 Å². The first-order valence-electron chi connectivity index (χ1n) is 19.4. The maximum atomic E-state index is 12.8. The van der Waals surface area contributed by atoms with Crippen molar-refractivity contribution in [1.82, 2.24) is 10.4 Å². The minimum absolute atomic E-state index is 0. The smallest absolute Gasteiger partial charge is 0.428 e. The van der Waals surface area contributed by atoms with Gasteiger partial charge < -0.3 is 57.7 Å². The van der Waals surface area contributed by atoms with Gasteiger partial charge in [-0.3, -0.25) is 9.59 Å². The maximum absolute atomic E-state index is 12.8. The van der Waals surface area contributed by atoms with E-state index in [0.717, 1.165) is 0 Å². The molecule has 3 N–H and O–H groups in total. The van der Waals surface area contributed by atoms with Crippen LogP contribution in [0.5, 0.6) is 11.5 Å². The number of nitrogens with one attached hydrogen (secondary N) is 2. The van der Waals surface area contributed by atoms with Crippen molar-refractivity contribution in [2.75, 3.05) is 0 Å². The molecule has 0 aliphatic rings. The van der Waals surface area contributed by atoms with Gasteiger partial charge in [-0.1, -0.05) is 88.4 Å². The van der Waals surface area contributed by atoms with Gasteiger partial charge in [0.1, 0.15) is 54.0 Å². The number of ether oxygens (including phenoxy) is 3. The first-order valence-corrected chi connectivity index (χ1v) is 25.3. The molecule has 0 saturated heterocycles. The molecule has 0 aliphatic carbocycles. The first kappa shape index (κ1) is 66.6. The van der Waals surface area contributed by atoms with Gasteiger partial charge in [0.2, 0.25) is 0 Å². The van der Waals surface area contributed by atoms with Gasteiger partial charge in [0.05, 0.1) is 5.92 Å². The first-order chi connectivity index (χ1) is 29.7. The van der Waals surface area contributed by atoms with Gasteiger partial charge in [-0.05, 0) is 94.3 Å². The lowest BCUT2D eigenvalue weighted by Gasteiger charge is -2.21. The number of para-hydroxylation sites is 2. The molecule has 0 bridgehead atoms. The van der Waals surface area contributed by atoms with Crippen molar-refractivity contribution in [2.24, 2.45) is 5.92 Å². The Morgan fingerprint density at radius 1 is 0.652 bits per heavy atom. The van der Waals surface area contributed by atoms with Crippen molar-refractivity contribution in [2.45, 2.75) is 93.2 Å². The average molecular weight is 1160 g/mol. The molecule has 66 heavy (non-hydrogen) atoms. The highest BCUT2D eigenvalue weighted by Crippen LogP contribution is 2.57. The Morgan fingerprint density at radius 2 is 1.00 bits per heavy atom. The van der Waals surface area contributed by atoms with Crippen LogP contribution in [0.3, 0.4) is 0 Å². The third kappa shape index (κ3) is 34.6. The molecule has 0 spiro atoms. The molecule has 14 nitrogen and oxygen atoms in total. The molecule has 4 rings (SSSR count). The van der Waals surface area contributed by atoms with Crippen molar-refractivity contribution < 1.29 is 89.4 Å². The molecule has 0 aromatic heterocycles. The molecule has 0 radical (unpaired) electrons. The monoisotopic (exact) mass is 1160 g/mol. The normalized spacial score (nSPS) is 12.0. The molecule has 4 aromatic carbocycles. The molecule has 1 amide bonds. The lowest BCUT2D eigenvalue weighted by molar-refractivity contribution is -0.147. The molecule has 0 aliphatic heterocycles. The summed E-state index contributed by atoms with van der Waals surface area (Å²) >= 11 is 16.1. The Balaban J connectivity index is -0.000000857. The predicted octanol–water partition coefficient (Wildman–Crippen LogP) is 9.89. The Labute approximate surface area is 422 Å². The standard InChI is InChI=1S/C16H16ClFNO4P.C15H20FNO4.C6H5Cl2O2P.C4H8O2.C2H6.ClH.HI/c1-12(16(20)22-11-13-7-9-14(18)10-8-13)19-24(17,21)23-15-5-3-2-4-6-15;1-10(17-14(19)21-15(2,3)4)13(18)20-9-11-5-7-12(16)8-6-11;7-11(8,9)10-6-4-2-1-3-5-6;1-3(2)4(5)6;1-2;;/h2-10,12H,11H2,1H3,(H,19,21);5-8,10H,9H2,1-4H3,(H,17,19);1-5H;3H,1-2H3,(H,5,6);1-2H3;2*1H/p-1/t12-,24?;10-;;;;;/m00...../s1. The number of benzene rings is 4. The van der Waals surface area contributed by atoms with Crippen molar-refractivity contribution in [3.05, 3.63) is 132 Å². The fourth-order valence-electron chi connectivity index (χ4n) is 3.79. The Bertz CT molecular complexity index is 2090. The second-order valence-electron chi connectivity index (χ2n) is 13.9. The van der Waals surface area contributed by atoms with Crippen molar-refractivity contribution in [1.29, 1.82) is 0 Å². The number of carbonyl (C=O) groups excluding carboxylic acids is 3. The number of carbonyl (C=O) groups is 4. The summed E-state index contributed by atoms with van der Waals surface area (Å²) in [7, 11) is 0. The van der Waals surface area contributed by atoms with Gasteiger partial charge in [0, 0.05) is 33.7 Å². The molecule has 4 aromatic rings. The number of carboxylic acid groups (broad SMARTS) is 1. The van der Waals surface area contributed by atoms with Crippen molar-refractivity contribution in [3.8, 4) is 11.5 Å². The SMILES string of the molecule is CC.CC(C)C(=O)O.C[C@H](NC(=O)OC(C)(C)C)C(=O)OCc1ccc(F)cc1.C[C@H](NP(=O)(Cl)Oc1ccccc1)C(=O)OCc1ccc(F)cc1.Cl.O=P(Cl)(Cl)Oc1ccccc1.[I-]. The minimum atomic E-state index is -3.75. The van der Waals surface area contributed by atoms with Crippen LogP contribution in [0.1, 0.15) is 73.4 Å². The number of halogens is 7. The van der Waals surface area contributed by atoms with Crippen LogP contribution in [-0.2, 0) is 50.9 Å². The van der Waals surface area contributed by atoms with Gasteiger partial charge in [-0.25, -0.2) is 32.6 Å². The van der Waals surface area contributed by atoms with E-state index in [4.69, 9.17) is 57.6 Å². The van der Waals surface area contributed by atoms with Crippen LogP contribution in [0.25, 0.3) is 0 Å². The van der Waals surface area contributed by atoms with E-state index in [1.807, 2.05) is 13.8 Å². The fourth-order valence-corrected chi connectivity index (χ4v) is 6.33. The van der Waals surface area contributed by atoms with Crippen LogP contribution in [0, 0.1) is 17.6 Å². The molecule has 23 heteroatoms. The van der Waals surface area contributed by atoms with Gasteiger partial charge >= 0.3 is 36.9 Å². The van der Waals surface area contributed by atoms with Crippen molar-refractivity contribution in [3.63, 3.8) is 0 Å². The summed E-state index contributed by atoms with van der Waals surface area (Å²) in [5.41, 5.74) is 0.655. The molecular formula is C43H56Cl4F2IN2O12P2-. The van der Waals surface area contributed by atoms with Crippen LogP contribution < -0.4 is 43.4 Å². The molecule has 0 saturated carbocycles. The molecule has 0 heterocycles. The third-order valence-corrected chi connectivity index (χ3v) is 9.27. The van der Waals surface area contributed by atoms with Crippen LogP contribution in [0.4, 0.5) is 13.6 Å². The zero-order valence-corrected chi connectivity index (χ0v) is 44.6. The van der Waals surface area contributed by atoms with Crippen LogP contribution >= 0.6 is 59.1 Å². The number of rotatable bonds is 14.